The predicted octanol–water partition coefficient (Wildman–Crippen LogP) is 5.74. The van der Waals surface area contributed by atoms with Crippen LogP contribution in [-0.2, 0) is 23.1 Å². The molecule has 7 rings (SSSR count). The summed E-state index contributed by atoms with van der Waals surface area (Å²) >= 11 is 6.29. The Bertz CT molecular complexity index is 1300. The predicted molar refractivity (Wildman–Crippen MR) is 135 cm³/mol. The van der Waals surface area contributed by atoms with Crippen molar-refractivity contribution in [2.75, 3.05) is 6.54 Å². The molecule has 0 spiro atoms. The number of hydrogen-bond donors (Lipinski definition) is 1. The van der Waals surface area contributed by atoms with E-state index < -0.39 is 16.8 Å². The first-order valence-electron chi connectivity index (χ1n) is 13.7. The van der Waals surface area contributed by atoms with Gasteiger partial charge in [0.1, 0.15) is 0 Å². The number of nitrogens with zero attached hydrogens (tertiary/aromatic N) is 5. The fourth-order valence-corrected chi connectivity index (χ4v) is 8.41. The van der Waals surface area contributed by atoms with Crippen LogP contribution in [0.1, 0.15) is 87.2 Å². The van der Waals surface area contributed by atoms with Crippen molar-refractivity contribution in [3.05, 3.63) is 38.3 Å². The van der Waals surface area contributed by atoms with Crippen LogP contribution in [0.15, 0.2) is 6.07 Å². The maximum Gasteiger partial charge on any atom is 0.435 e. The lowest BCUT2D eigenvalue weighted by atomic mass is 9.46. The second-order valence-electron chi connectivity index (χ2n) is 12.4. The highest BCUT2D eigenvalue weighted by Crippen LogP contribution is 2.65. The summed E-state index contributed by atoms with van der Waals surface area (Å²) < 4.78 is 42.7. The number of carbonyl (C=O) groups is 1. The fourth-order valence-electron chi connectivity index (χ4n) is 8.22. The summed E-state index contributed by atoms with van der Waals surface area (Å²) in [6.07, 6.45) is 3.65. The monoisotopic (exact) mass is 568 g/mol. The van der Waals surface area contributed by atoms with Crippen LogP contribution in [0.4, 0.5) is 19.0 Å². The molecule has 1 N–H and O–H groups in total. The molecule has 2 unspecified atom stereocenters. The molecule has 5 aliphatic carbocycles. The minimum atomic E-state index is -4.47. The van der Waals surface area contributed by atoms with Gasteiger partial charge in [-0.15, -0.1) is 0 Å². The van der Waals surface area contributed by atoms with Crippen molar-refractivity contribution < 1.29 is 22.9 Å². The van der Waals surface area contributed by atoms with Crippen LogP contribution in [0.5, 0.6) is 0 Å². The number of carbonyl (C=O) groups excluding carboxylic acids is 1. The molecular weight excluding hydrogens is 537 g/mol. The van der Waals surface area contributed by atoms with Crippen molar-refractivity contribution in [1.82, 2.24) is 24.9 Å². The summed E-state index contributed by atoms with van der Waals surface area (Å²) in [5.41, 5.74) is -0.203. The van der Waals surface area contributed by atoms with Crippen LogP contribution >= 0.6 is 11.6 Å². The molecule has 9 nitrogen and oxygen atoms in total. The summed E-state index contributed by atoms with van der Waals surface area (Å²) in [4.78, 5) is 24.0. The molecular formula is C26H32ClF3N6O3. The second-order valence-corrected chi connectivity index (χ2v) is 12.8. The van der Waals surface area contributed by atoms with Crippen LogP contribution in [0.2, 0.25) is 5.02 Å². The Morgan fingerprint density at radius 1 is 1.23 bits per heavy atom. The molecule has 2 atom stereocenters. The number of rotatable bonds is 9. The van der Waals surface area contributed by atoms with Gasteiger partial charge in [0.15, 0.2) is 10.7 Å². The second kappa shape index (κ2) is 9.21. The van der Waals surface area contributed by atoms with Crippen LogP contribution in [0.25, 0.3) is 0 Å². The van der Waals surface area contributed by atoms with Gasteiger partial charge in [-0.3, -0.25) is 9.48 Å². The first kappa shape index (κ1) is 26.6. The number of nitrogens with one attached hydrogen (secondary N) is 1. The molecule has 5 aliphatic rings. The average Bonchev–Trinajstić information content (AvgIpc) is 3.49. The lowest BCUT2D eigenvalue weighted by molar-refractivity contribution is -0.389. The molecule has 13 heteroatoms. The zero-order chi connectivity index (χ0) is 27.7. The van der Waals surface area contributed by atoms with E-state index in [9.17, 15) is 28.1 Å². The molecule has 212 valence electrons. The smallest absolute Gasteiger partial charge is 0.358 e. The molecule has 0 radical (unpaired) electrons. The summed E-state index contributed by atoms with van der Waals surface area (Å²) in [5.74, 6) is 0.627. The van der Waals surface area contributed by atoms with Gasteiger partial charge in [0.05, 0.1) is 16.3 Å². The van der Waals surface area contributed by atoms with Gasteiger partial charge in [0.2, 0.25) is 5.91 Å². The van der Waals surface area contributed by atoms with Gasteiger partial charge < -0.3 is 15.4 Å². The van der Waals surface area contributed by atoms with E-state index in [0.29, 0.717) is 49.2 Å². The van der Waals surface area contributed by atoms with Crippen LogP contribution in [0.3, 0.4) is 0 Å². The van der Waals surface area contributed by atoms with Crippen LogP contribution in [-0.4, -0.2) is 36.9 Å². The maximum atomic E-state index is 13.2. The van der Waals surface area contributed by atoms with Crippen LogP contribution < -0.4 is 5.32 Å². The largest absolute Gasteiger partial charge is 0.435 e. The number of aromatic nitrogens is 4. The zero-order valence-corrected chi connectivity index (χ0v) is 22.5. The van der Waals surface area contributed by atoms with Crippen molar-refractivity contribution >= 4 is 23.3 Å². The van der Waals surface area contributed by atoms with Gasteiger partial charge in [-0.1, -0.05) is 11.6 Å². The molecule has 4 bridgehead atoms. The molecule has 2 aromatic heterocycles. The zero-order valence-electron chi connectivity index (χ0n) is 21.8. The number of amides is 1. The summed E-state index contributed by atoms with van der Waals surface area (Å²) in [6, 6.07) is 1.16. The van der Waals surface area contributed by atoms with Crippen molar-refractivity contribution in [2.24, 2.45) is 17.3 Å². The number of alkyl halides is 3. The third-order valence-electron chi connectivity index (χ3n) is 9.30. The number of hydrogen-bond acceptors (Lipinski definition) is 5. The van der Waals surface area contributed by atoms with Gasteiger partial charge in [-0.2, -0.15) is 23.0 Å². The lowest BCUT2D eigenvalue weighted by Crippen LogP contribution is -2.58. The lowest BCUT2D eigenvalue weighted by Gasteiger charge is -2.61. The fraction of sp³-hybridized carbons (Fsp3) is 0.731. The van der Waals surface area contributed by atoms with E-state index in [4.69, 9.17) is 11.6 Å². The summed E-state index contributed by atoms with van der Waals surface area (Å²) in [7, 11) is 0. The Hall–Kier alpha value is -2.63. The summed E-state index contributed by atoms with van der Waals surface area (Å²) in [6.45, 7) is 2.45. The van der Waals surface area contributed by atoms with E-state index in [1.165, 1.54) is 4.68 Å². The van der Waals surface area contributed by atoms with Crippen molar-refractivity contribution in [3.8, 4) is 0 Å². The first-order valence-corrected chi connectivity index (χ1v) is 14.1. The highest BCUT2D eigenvalue weighted by molar-refractivity contribution is 6.33. The van der Waals surface area contributed by atoms with E-state index in [1.54, 1.807) is 11.6 Å². The topological polar surface area (TPSA) is 108 Å². The third-order valence-corrected chi connectivity index (χ3v) is 9.74. The molecule has 1 amide bonds. The average molecular weight is 569 g/mol. The van der Waals surface area contributed by atoms with E-state index >= 15 is 0 Å². The minimum Gasteiger partial charge on any atom is -0.358 e. The normalized spacial score (nSPS) is 29.7. The standard InChI is InChI=1S/C26H32ClF3N6O3/c1-15-22(27)23(36(38)39)33-35(15)25-11-16-7-17(12-25)10-24(9-16,14-25)13-21(37)31-5-2-6-34-19(18-3-4-18)8-20(32-34)26(28,29)30/h8,16-18H,2-7,9-14H2,1H3,(H,31,37). The highest BCUT2D eigenvalue weighted by Gasteiger charge is 2.60. The maximum absolute atomic E-state index is 13.2. The Kier molecular flexibility index (Phi) is 6.28. The van der Waals surface area contributed by atoms with E-state index in [2.05, 4.69) is 15.5 Å². The molecule has 0 saturated heterocycles. The molecule has 39 heavy (non-hydrogen) atoms. The minimum absolute atomic E-state index is 0.0628. The van der Waals surface area contributed by atoms with Crippen molar-refractivity contribution in [3.63, 3.8) is 0 Å². The number of nitro groups is 1. The Morgan fingerprint density at radius 2 is 1.92 bits per heavy atom. The Balaban J connectivity index is 1.10. The molecule has 2 heterocycles. The van der Waals surface area contributed by atoms with E-state index in [1.807, 2.05) is 0 Å². The molecule has 5 saturated carbocycles. The van der Waals surface area contributed by atoms with Crippen molar-refractivity contribution in [2.45, 2.75) is 95.3 Å². The Labute approximate surface area is 228 Å². The summed E-state index contributed by atoms with van der Waals surface area (Å²) in [5, 5.41) is 22.7. The molecule has 0 aliphatic heterocycles. The van der Waals surface area contributed by atoms with Crippen LogP contribution in [0, 0.1) is 34.3 Å². The van der Waals surface area contributed by atoms with Crippen molar-refractivity contribution in [1.29, 1.82) is 0 Å². The first-order chi connectivity index (χ1) is 18.4. The third kappa shape index (κ3) is 4.82. The van der Waals surface area contributed by atoms with Gasteiger partial charge in [0, 0.05) is 31.1 Å². The SMILES string of the molecule is Cc1c(Cl)c([N+](=O)[O-])nn1C12CC3CC(CC(CC(=O)NCCCn4nc(C(F)(F)F)cc4C4CC4)(C3)C1)C2. The number of aryl methyl sites for hydroxylation is 1. The highest BCUT2D eigenvalue weighted by atomic mass is 35.5. The molecule has 5 fully saturated rings. The number of halogens is 4. The Morgan fingerprint density at radius 3 is 2.51 bits per heavy atom. The van der Waals surface area contributed by atoms with Gasteiger partial charge in [0.25, 0.3) is 0 Å². The van der Waals surface area contributed by atoms with Gasteiger partial charge in [-0.25, -0.2) is 0 Å². The molecule has 0 aromatic carbocycles. The van der Waals surface area contributed by atoms with E-state index in [-0.39, 0.29) is 33.6 Å². The van der Waals surface area contributed by atoms with Gasteiger partial charge >= 0.3 is 12.0 Å². The van der Waals surface area contributed by atoms with Gasteiger partial charge in [-0.05, 0) is 93.0 Å². The quantitative estimate of drug-likeness (QED) is 0.236. The molecule has 2 aromatic rings. The van der Waals surface area contributed by atoms with E-state index in [0.717, 1.165) is 57.4 Å².